The van der Waals surface area contributed by atoms with Gasteiger partial charge in [-0.15, -0.1) is 0 Å². The van der Waals surface area contributed by atoms with Gasteiger partial charge in [0.1, 0.15) is 17.2 Å². The highest BCUT2D eigenvalue weighted by Gasteiger charge is 2.27. The molecular weight excluding hydrogens is 486 g/mol. The molecule has 0 aliphatic carbocycles. The lowest BCUT2D eigenvalue weighted by atomic mass is 10.1. The molecule has 1 aliphatic heterocycles. The lowest BCUT2D eigenvalue weighted by Crippen LogP contribution is -2.49. The van der Waals surface area contributed by atoms with Crippen LogP contribution in [0.25, 0.3) is 16.9 Å². The van der Waals surface area contributed by atoms with Gasteiger partial charge in [0.15, 0.2) is 0 Å². The number of non-ortho nitro benzene ring substituents is 1. The van der Waals surface area contributed by atoms with Gasteiger partial charge in [-0.1, -0.05) is 18.2 Å². The first-order chi connectivity index (χ1) is 18.5. The largest absolute Gasteiger partial charge is 0.497 e. The summed E-state index contributed by atoms with van der Waals surface area (Å²) in [4.78, 5) is 28.7. The molecule has 1 fully saturated rings. The molecule has 4 aromatic rings. The zero-order valence-electron chi connectivity index (χ0n) is 21.1. The van der Waals surface area contributed by atoms with Crippen LogP contribution in [0.5, 0.6) is 11.5 Å². The van der Waals surface area contributed by atoms with Crippen LogP contribution in [0.4, 0.5) is 11.4 Å². The number of carbonyl (C=O) groups excluding carboxylic acids is 1. The summed E-state index contributed by atoms with van der Waals surface area (Å²) in [6, 6.07) is 23.0. The second kappa shape index (κ2) is 10.6. The Labute approximate surface area is 219 Å². The summed E-state index contributed by atoms with van der Waals surface area (Å²) in [7, 11) is 3.24. The lowest BCUT2D eigenvalue weighted by Gasteiger charge is -2.36. The molecule has 3 aromatic carbocycles. The fourth-order valence-corrected chi connectivity index (χ4v) is 4.57. The van der Waals surface area contributed by atoms with E-state index in [1.54, 1.807) is 37.3 Å². The zero-order valence-corrected chi connectivity index (χ0v) is 21.1. The van der Waals surface area contributed by atoms with Gasteiger partial charge in [0.05, 0.1) is 36.2 Å². The molecule has 0 radical (unpaired) electrons. The van der Waals surface area contributed by atoms with Crippen molar-refractivity contribution < 1.29 is 19.2 Å². The highest BCUT2D eigenvalue weighted by Crippen LogP contribution is 2.30. The molecular formula is C28H27N5O5. The Bertz CT molecular complexity index is 1460. The van der Waals surface area contributed by atoms with Crippen molar-refractivity contribution in [3.05, 3.63) is 94.7 Å². The topological polar surface area (TPSA) is 103 Å². The van der Waals surface area contributed by atoms with Crippen LogP contribution in [0.1, 0.15) is 10.5 Å². The van der Waals surface area contributed by atoms with E-state index in [1.807, 2.05) is 48.5 Å². The van der Waals surface area contributed by atoms with Gasteiger partial charge >= 0.3 is 0 Å². The summed E-state index contributed by atoms with van der Waals surface area (Å²) in [5, 5.41) is 16.1. The molecule has 5 rings (SSSR count). The summed E-state index contributed by atoms with van der Waals surface area (Å²) in [5.41, 5.74) is 3.07. The smallest absolute Gasteiger partial charge is 0.272 e. The van der Waals surface area contributed by atoms with Gasteiger partial charge in [-0.3, -0.25) is 14.9 Å². The van der Waals surface area contributed by atoms with E-state index >= 15 is 0 Å². The van der Waals surface area contributed by atoms with Crippen LogP contribution >= 0.6 is 0 Å². The molecule has 1 aromatic heterocycles. The number of aromatic nitrogens is 2. The molecule has 38 heavy (non-hydrogen) atoms. The molecule has 0 spiro atoms. The third-order valence-electron chi connectivity index (χ3n) is 6.59. The predicted molar refractivity (Wildman–Crippen MR) is 143 cm³/mol. The van der Waals surface area contributed by atoms with Crippen molar-refractivity contribution in [1.82, 2.24) is 14.7 Å². The van der Waals surface area contributed by atoms with Crippen molar-refractivity contribution in [2.45, 2.75) is 0 Å². The number of rotatable bonds is 7. The second-order valence-electron chi connectivity index (χ2n) is 8.78. The first-order valence-corrected chi connectivity index (χ1v) is 12.1. The molecule has 0 atom stereocenters. The number of ether oxygens (including phenoxy) is 2. The number of hydrogen-bond donors (Lipinski definition) is 0. The Hall–Kier alpha value is -4.86. The molecule has 0 unspecified atom stereocenters. The maximum absolute atomic E-state index is 13.8. The Morgan fingerprint density at radius 3 is 2.32 bits per heavy atom. The maximum Gasteiger partial charge on any atom is 0.272 e. The van der Waals surface area contributed by atoms with Crippen LogP contribution < -0.4 is 14.4 Å². The molecule has 0 bridgehead atoms. The van der Waals surface area contributed by atoms with Gasteiger partial charge in [0.2, 0.25) is 0 Å². The molecule has 1 saturated heterocycles. The normalized spacial score (nSPS) is 13.3. The summed E-state index contributed by atoms with van der Waals surface area (Å²) < 4.78 is 12.2. The van der Waals surface area contributed by atoms with Crippen molar-refractivity contribution in [3.63, 3.8) is 0 Å². The second-order valence-corrected chi connectivity index (χ2v) is 8.78. The van der Waals surface area contributed by atoms with E-state index in [1.165, 1.54) is 16.8 Å². The quantitative estimate of drug-likeness (QED) is 0.266. The molecule has 1 amide bonds. The third-order valence-corrected chi connectivity index (χ3v) is 6.59. The zero-order chi connectivity index (χ0) is 26.6. The number of carbonyl (C=O) groups is 1. The van der Waals surface area contributed by atoms with E-state index < -0.39 is 4.92 Å². The lowest BCUT2D eigenvalue weighted by molar-refractivity contribution is -0.384. The van der Waals surface area contributed by atoms with Crippen LogP contribution in [-0.2, 0) is 0 Å². The molecule has 194 valence electrons. The highest BCUT2D eigenvalue weighted by molar-refractivity contribution is 5.94. The number of amides is 1. The number of methoxy groups -OCH3 is 2. The van der Waals surface area contributed by atoms with E-state index in [2.05, 4.69) is 10.00 Å². The predicted octanol–water partition coefficient (Wildman–Crippen LogP) is 4.43. The minimum atomic E-state index is -0.462. The Kier molecular flexibility index (Phi) is 6.94. The van der Waals surface area contributed by atoms with Crippen molar-refractivity contribution >= 4 is 17.3 Å². The summed E-state index contributed by atoms with van der Waals surface area (Å²) in [6.45, 7) is 2.30. The molecule has 0 N–H and O–H groups in total. The Morgan fingerprint density at radius 1 is 0.895 bits per heavy atom. The van der Waals surface area contributed by atoms with Gasteiger partial charge in [-0.2, -0.15) is 5.10 Å². The fourth-order valence-electron chi connectivity index (χ4n) is 4.57. The van der Waals surface area contributed by atoms with Crippen LogP contribution in [0, 0.1) is 10.1 Å². The summed E-state index contributed by atoms with van der Waals surface area (Å²) >= 11 is 0. The van der Waals surface area contributed by atoms with Gasteiger partial charge in [-0.25, -0.2) is 4.68 Å². The average molecular weight is 514 g/mol. The number of nitro groups is 1. The first-order valence-electron chi connectivity index (χ1n) is 12.1. The minimum Gasteiger partial charge on any atom is -0.497 e. The fraction of sp³-hybridized carbons (Fsp3) is 0.214. The van der Waals surface area contributed by atoms with Crippen LogP contribution in [0.15, 0.2) is 78.9 Å². The van der Waals surface area contributed by atoms with Gasteiger partial charge in [0.25, 0.3) is 11.6 Å². The number of benzene rings is 3. The number of anilines is 1. The van der Waals surface area contributed by atoms with Crippen LogP contribution in [0.3, 0.4) is 0 Å². The number of piperazine rings is 1. The van der Waals surface area contributed by atoms with Crippen molar-refractivity contribution in [1.29, 1.82) is 0 Å². The van der Waals surface area contributed by atoms with Crippen molar-refractivity contribution in [2.24, 2.45) is 0 Å². The maximum atomic E-state index is 13.8. The number of hydrogen-bond acceptors (Lipinski definition) is 7. The average Bonchev–Trinajstić information content (AvgIpc) is 3.42. The monoisotopic (exact) mass is 513 g/mol. The minimum absolute atomic E-state index is 0.0761. The number of nitrogens with zero attached hydrogens (tertiary/aromatic N) is 5. The Balaban J connectivity index is 1.46. The molecule has 1 aliphatic rings. The number of nitro benzene ring substituents is 1. The van der Waals surface area contributed by atoms with Crippen LogP contribution in [-0.4, -0.2) is 65.9 Å². The Morgan fingerprint density at radius 2 is 1.63 bits per heavy atom. The van der Waals surface area contributed by atoms with E-state index in [0.717, 1.165) is 17.0 Å². The van der Waals surface area contributed by atoms with Gasteiger partial charge in [-0.05, 0) is 48.5 Å². The SMILES string of the molecule is COc1ccc(-c2cc(C(=O)N3CCN(c4ccccc4OC)CC3)n(-c3cccc([N+](=O)[O-])c3)n2)cc1. The molecule has 10 nitrogen and oxygen atoms in total. The van der Waals surface area contributed by atoms with E-state index in [9.17, 15) is 14.9 Å². The van der Waals surface area contributed by atoms with Crippen molar-refractivity contribution in [2.75, 3.05) is 45.3 Å². The van der Waals surface area contributed by atoms with Crippen molar-refractivity contribution in [3.8, 4) is 28.4 Å². The van der Waals surface area contributed by atoms with Gasteiger partial charge < -0.3 is 19.3 Å². The highest BCUT2D eigenvalue weighted by atomic mass is 16.6. The van der Waals surface area contributed by atoms with E-state index in [-0.39, 0.29) is 11.6 Å². The molecule has 0 saturated carbocycles. The molecule has 2 heterocycles. The van der Waals surface area contributed by atoms with E-state index in [0.29, 0.717) is 49.0 Å². The van der Waals surface area contributed by atoms with Gasteiger partial charge in [0, 0.05) is 43.9 Å². The van der Waals surface area contributed by atoms with E-state index in [4.69, 9.17) is 9.47 Å². The third kappa shape index (κ3) is 4.88. The standard InChI is InChI=1S/C28H27N5O5/c1-37-23-12-10-20(11-13-23)24-19-26(32(29-24)21-6-5-7-22(18-21)33(35)36)28(34)31-16-14-30(15-17-31)25-8-3-4-9-27(25)38-2/h3-13,18-19H,14-17H2,1-2H3. The summed E-state index contributed by atoms with van der Waals surface area (Å²) in [6.07, 6.45) is 0. The van der Waals surface area contributed by atoms with Crippen LogP contribution in [0.2, 0.25) is 0 Å². The summed E-state index contributed by atoms with van der Waals surface area (Å²) in [5.74, 6) is 1.31. The number of para-hydroxylation sites is 2. The first kappa shape index (κ1) is 24.8. The molecule has 10 heteroatoms.